The monoisotopic (exact) mass is 419 g/mol. The third-order valence-corrected chi connectivity index (χ3v) is 4.35. The maximum atomic E-state index is 11.7. The average molecular weight is 420 g/mol. The molecule has 0 aromatic heterocycles. The first-order valence-electron chi connectivity index (χ1n) is 9.69. The van der Waals surface area contributed by atoms with Crippen LogP contribution in [0.5, 0.6) is 0 Å². The maximum absolute atomic E-state index is 11.7. The van der Waals surface area contributed by atoms with Gasteiger partial charge in [-0.15, -0.1) is 0 Å². The number of nitrogens with one attached hydrogen (secondary N) is 2. The van der Waals surface area contributed by atoms with Gasteiger partial charge in [0, 0.05) is 18.7 Å². The number of ether oxygens (including phenoxy) is 1. The number of hydrogen-bond acceptors (Lipinski definition) is 7. The summed E-state index contributed by atoms with van der Waals surface area (Å²) in [6, 6.07) is 0. The Bertz CT molecular complexity index is 546. The van der Waals surface area contributed by atoms with E-state index in [1.165, 1.54) is 0 Å². The van der Waals surface area contributed by atoms with Crippen LogP contribution in [-0.2, 0) is 10.2 Å². The summed E-state index contributed by atoms with van der Waals surface area (Å²) >= 11 is 8.64. The molecular formula is C20H41N3O2S2. The zero-order valence-electron chi connectivity index (χ0n) is 18.6. The lowest BCUT2D eigenvalue weighted by atomic mass is 9.83. The molecule has 160 valence electrons. The highest BCUT2D eigenvalue weighted by molar-refractivity contribution is 7.79. The zero-order chi connectivity index (χ0) is 21.5. The van der Waals surface area contributed by atoms with E-state index in [0.29, 0.717) is 30.0 Å². The SMILES string of the molecule is CCN(C)CC.CCNCCOCCNc1c(C(C)(C)C)c(=S)c1=O.CS. The summed E-state index contributed by atoms with van der Waals surface area (Å²) in [6.07, 6.45) is 1.69. The molecular weight excluding hydrogens is 378 g/mol. The molecule has 0 heterocycles. The first kappa shape index (κ1) is 28.7. The third kappa shape index (κ3) is 11.9. The molecule has 0 aliphatic carbocycles. The smallest absolute Gasteiger partial charge is 0.220 e. The quantitative estimate of drug-likeness (QED) is 0.307. The van der Waals surface area contributed by atoms with E-state index in [1.54, 1.807) is 6.26 Å². The van der Waals surface area contributed by atoms with Crippen molar-refractivity contribution in [1.29, 1.82) is 0 Å². The molecule has 0 amide bonds. The molecule has 0 bridgehead atoms. The fourth-order valence-electron chi connectivity index (χ4n) is 2.17. The van der Waals surface area contributed by atoms with Gasteiger partial charge in [-0.25, -0.2) is 0 Å². The molecule has 27 heavy (non-hydrogen) atoms. The molecule has 1 aromatic rings. The average Bonchev–Trinajstić information content (AvgIpc) is 2.66. The van der Waals surface area contributed by atoms with Crippen molar-refractivity contribution in [3.63, 3.8) is 0 Å². The highest BCUT2D eigenvalue weighted by Crippen LogP contribution is 2.30. The molecule has 0 aliphatic rings. The second-order valence-corrected chi connectivity index (χ2v) is 7.45. The summed E-state index contributed by atoms with van der Waals surface area (Å²) in [4.78, 5) is 14.0. The van der Waals surface area contributed by atoms with Crippen LogP contribution >= 0.6 is 24.8 Å². The number of rotatable bonds is 10. The van der Waals surface area contributed by atoms with Crippen LogP contribution < -0.4 is 16.1 Å². The molecule has 0 fully saturated rings. The minimum absolute atomic E-state index is 0.0347. The van der Waals surface area contributed by atoms with Gasteiger partial charge in [0.1, 0.15) is 0 Å². The molecule has 0 saturated heterocycles. The van der Waals surface area contributed by atoms with Crippen molar-refractivity contribution < 1.29 is 4.74 Å². The Labute approximate surface area is 177 Å². The highest BCUT2D eigenvalue weighted by atomic mass is 32.1. The molecule has 0 aliphatic heterocycles. The maximum Gasteiger partial charge on any atom is 0.220 e. The normalized spacial score (nSPS) is 10.9. The standard InChI is InChI=1S/C14H24N2O2S.C5H13N.CH4S/c1-5-15-6-8-18-9-7-16-11-10(14(2,3)4)13(19)12(11)17;1-4-6(3)5-2;1-2/h15-16H,5-9H2,1-4H3;4-5H2,1-3H3;2H,1H3. The van der Waals surface area contributed by atoms with Crippen molar-refractivity contribution in [2.24, 2.45) is 0 Å². The van der Waals surface area contributed by atoms with E-state index in [4.69, 9.17) is 17.0 Å². The van der Waals surface area contributed by atoms with E-state index in [2.05, 4.69) is 76.8 Å². The number of hydrogen-bond donors (Lipinski definition) is 3. The van der Waals surface area contributed by atoms with Gasteiger partial charge in [0.15, 0.2) is 0 Å². The molecule has 5 nitrogen and oxygen atoms in total. The Hall–Kier alpha value is -0.470. The number of thiol groups is 1. The summed E-state index contributed by atoms with van der Waals surface area (Å²) in [6.45, 7) is 18.6. The lowest BCUT2D eigenvalue weighted by Crippen LogP contribution is -2.30. The molecule has 7 heteroatoms. The van der Waals surface area contributed by atoms with Crippen LogP contribution in [0.3, 0.4) is 0 Å². The van der Waals surface area contributed by atoms with Gasteiger partial charge in [0.25, 0.3) is 0 Å². The summed E-state index contributed by atoms with van der Waals surface area (Å²) in [5, 5.41) is 6.33. The van der Waals surface area contributed by atoms with E-state index in [-0.39, 0.29) is 10.8 Å². The van der Waals surface area contributed by atoms with E-state index in [1.807, 2.05) is 0 Å². The Morgan fingerprint density at radius 3 is 2.00 bits per heavy atom. The van der Waals surface area contributed by atoms with Crippen molar-refractivity contribution >= 4 is 30.5 Å². The Morgan fingerprint density at radius 1 is 1.07 bits per heavy atom. The fraction of sp³-hybridized carbons (Fsp3) is 0.800. The molecule has 1 rings (SSSR count). The predicted molar refractivity (Wildman–Crippen MR) is 126 cm³/mol. The lowest BCUT2D eigenvalue weighted by molar-refractivity contribution is 0.146. The Morgan fingerprint density at radius 2 is 1.59 bits per heavy atom. The molecule has 0 unspecified atom stereocenters. The minimum Gasteiger partial charge on any atom is -0.379 e. The first-order valence-corrected chi connectivity index (χ1v) is 11.0. The van der Waals surface area contributed by atoms with E-state index in [9.17, 15) is 4.79 Å². The van der Waals surface area contributed by atoms with E-state index >= 15 is 0 Å². The molecule has 0 spiro atoms. The number of anilines is 1. The highest BCUT2D eigenvalue weighted by Gasteiger charge is 2.27. The van der Waals surface area contributed by atoms with Crippen molar-refractivity contribution in [1.82, 2.24) is 10.2 Å². The van der Waals surface area contributed by atoms with Crippen LogP contribution in [0, 0.1) is 4.51 Å². The zero-order valence-corrected chi connectivity index (χ0v) is 20.3. The van der Waals surface area contributed by atoms with Gasteiger partial charge in [0.2, 0.25) is 5.43 Å². The van der Waals surface area contributed by atoms with Crippen LogP contribution in [0.15, 0.2) is 4.79 Å². The lowest BCUT2D eigenvalue weighted by Gasteiger charge is -2.25. The van der Waals surface area contributed by atoms with E-state index in [0.717, 1.165) is 31.7 Å². The third-order valence-electron chi connectivity index (χ3n) is 3.96. The molecule has 0 radical (unpaired) electrons. The van der Waals surface area contributed by atoms with Gasteiger partial charge in [-0.2, -0.15) is 12.6 Å². The second kappa shape index (κ2) is 16.5. The summed E-state index contributed by atoms with van der Waals surface area (Å²) in [5.74, 6) is 0. The molecule has 2 N–H and O–H groups in total. The summed E-state index contributed by atoms with van der Waals surface area (Å²) < 4.78 is 5.92. The summed E-state index contributed by atoms with van der Waals surface area (Å²) in [7, 11) is 2.11. The van der Waals surface area contributed by atoms with Crippen LogP contribution in [0.2, 0.25) is 0 Å². The van der Waals surface area contributed by atoms with Crippen molar-refractivity contribution in [3.8, 4) is 0 Å². The van der Waals surface area contributed by atoms with Gasteiger partial charge in [-0.05, 0) is 38.4 Å². The van der Waals surface area contributed by atoms with Crippen molar-refractivity contribution in [2.45, 2.75) is 47.0 Å². The summed E-state index contributed by atoms with van der Waals surface area (Å²) in [5.41, 5.74) is 1.53. The van der Waals surface area contributed by atoms with Gasteiger partial charge < -0.3 is 20.3 Å². The van der Waals surface area contributed by atoms with Crippen molar-refractivity contribution in [2.75, 3.05) is 64.6 Å². The molecule has 1 aromatic carbocycles. The largest absolute Gasteiger partial charge is 0.379 e. The Balaban J connectivity index is 0. The first-order chi connectivity index (χ1) is 12.7. The van der Waals surface area contributed by atoms with Crippen LogP contribution in [0.25, 0.3) is 0 Å². The minimum atomic E-state index is -0.0841. The van der Waals surface area contributed by atoms with Gasteiger partial charge >= 0.3 is 0 Å². The number of nitrogens with zero attached hydrogens (tertiary/aromatic N) is 1. The van der Waals surface area contributed by atoms with Gasteiger partial charge in [0.05, 0.1) is 23.4 Å². The molecule has 0 atom stereocenters. The Kier molecular flexibility index (Phi) is 17.5. The van der Waals surface area contributed by atoms with Gasteiger partial charge in [-0.3, -0.25) is 4.79 Å². The van der Waals surface area contributed by atoms with E-state index < -0.39 is 0 Å². The predicted octanol–water partition coefficient (Wildman–Crippen LogP) is 3.49. The number of likely N-dealkylation sites (N-methyl/N-ethyl adjacent to an activating group) is 1. The van der Waals surface area contributed by atoms with Crippen LogP contribution in [-0.4, -0.2) is 64.1 Å². The van der Waals surface area contributed by atoms with Crippen molar-refractivity contribution in [3.05, 3.63) is 20.3 Å². The topological polar surface area (TPSA) is 53.6 Å². The van der Waals surface area contributed by atoms with Crippen LogP contribution in [0.1, 0.15) is 47.1 Å². The fourth-order valence-corrected chi connectivity index (χ4v) is 2.68. The second-order valence-electron chi connectivity index (χ2n) is 7.04. The van der Waals surface area contributed by atoms with Crippen LogP contribution in [0.4, 0.5) is 5.69 Å². The van der Waals surface area contributed by atoms with Gasteiger partial charge in [-0.1, -0.05) is 53.8 Å². The molecule has 0 saturated carbocycles.